The van der Waals surface area contributed by atoms with E-state index in [4.69, 9.17) is 28.4 Å². The van der Waals surface area contributed by atoms with E-state index in [0.717, 1.165) is 0 Å². The maximum absolute atomic E-state index is 14.6. The highest BCUT2D eigenvalue weighted by atomic mass is 16.6. The van der Waals surface area contributed by atoms with Crippen LogP contribution in [0.25, 0.3) is 0 Å². The maximum atomic E-state index is 14.6. The van der Waals surface area contributed by atoms with Gasteiger partial charge >= 0.3 is 29.8 Å². The van der Waals surface area contributed by atoms with E-state index >= 15 is 0 Å². The van der Waals surface area contributed by atoms with Crippen molar-refractivity contribution in [1.82, 2.24) is 0 Å². The first-order chi connectivity index (χ1) is 22.3. The van der Waals surface area contributed by atoms with E-state index in [2.05, 4.69) is 13.5 Å². The monoisotopic (exact) mass is 674 g/mol. The predicted octanol–water partition coefficient (Wildman–Crippen LogP) is 3.60. The number of esters is 5. The van der Waals surface area contributed by atoms with Crippen LogP contribution in [-0.2, 0) is 52.4 Å². The Morgan fingerprint density at radius 2 is 1.58 bits per heavy atom. The van der Waals surface area contributed by atoms with Crippen LogP contribution in [0.4, 0.5) is 0 Å². The summed E-state index contributed by atoms with van der Waals surface area (Å²) in [4.78, 5) is 65.4. The number of carbonyl (C=O) groups is 5. The van der Waals surface area contributed by atoms with E-state index in [9.17, 15) is 29.1 Å². The first-order valence-corrected chi connectivity index (χ1v) is 17.1. The zero-order valence-electron chi connectivity index (χ0n) is 29.3. The predicted molar refractivity (Wildman–Crippen MR) is 167 cm³/mol. The fraction of sp³-hybridized carbons (Fsp3) is 0.806. The maximum Gasteiger partial charge on any atom is 0.338 e. The van der Waals surface area contributed by atoms with Crippen LogP contribution in [0.3, 0.4) is 0 Å². The zero-order chi connectivity index (χ0) is 35.4. The number of hydrogen-bond donors (Lipinski definition) is 1. The normalized spacial score (nSPS) is 48.8. The number of methoxy groups -OCH3 is 1. The highest BCUT2D eigenvalue weighted by Gasteiger charge is 2.84. The standard InChI is InChI=1S/C36H50O12/c1-18-14-24(47-22(5)39)32(7)11-12-33(8)27-23(46-21(4)38)16-34(17-44-20(3)37)19(2)45-29(40)26-25(48-26)28(34)31(27,6)10-13-35(33,30(41)43-9)36(32,42)15-18/h19,23-28,42H,1,10-17H2,2-9H3/t19-,23-,24-,25-,26+,27+,28+,31-,32+,33-,34+,35+,36+/m1/s1. The molecule has 2 aliphatic heterocycles. The first kappa shape index (κ1) is 34.9. The van der Waals surface area contributed by atoms with Crippen LogP contribution < -0.4 is 0 Å². The van der Waals surface area contributed by atoms with Crippen molar-refractivity contribution in [3.63, 3.8) is 0 Å². The average Bonchev–Trinajstić information content (AvgIpc) is 3.76. The second kappa shape index (κ2) is 11.0. The largest absolute Gasteiger partial charge is 0.468 e. The van der Waals surface area contributed by atoms with Gasteiger partial charge in [0.1, 0.15) is 30.3 Å². The second-order valence-electron chi connectivity index (χ2n) is 16.2. The van der Waals surface area contributed by atoms with E-state index < -0.39 is 105 Å². The molecule has 6 rings (SSSR count). The van der Waals surface area contributed by atoms with Gasteiger partial charge < -0.3 is 33.5 Å². The molecular formula is C36H50O12. The van der Waals surface area contributed by atoms with Gasteiger partial charge in [-0.3, -0.25) is 19.2 Å². The van der Waals surface area contributed by atoms with Gasteiger partial charge in [-0.15, -0.1) is 0 Å². The minimum Gasteiger partial charge on any atom is -0.468 e. The lowest BCUT2D eigenvalue weighted by Gasteiger charge is -2.75. The Kier molecular flexibility index (Phi) is 7.99. The summed E-state index contributed by atoms with van der Waals surface area (Å²) in [5.41, 5.74) is -6.45. The Balaban J connectivity index is 1.59. The lowest BCUT2D eigenvalue weighted by Crippen LogP contribution is -2.80. The third-order valence-electron chi connectivity index (χ3n) is 14.1. The van der Waals surface area contributed by atoms with Crippen LogP contribution in [-0.4, -0.2) is 84.8 Å². The lowest BCUT2D eigenvalue weighted by atomic mass is 9.29. The average molecular weight is 675 g/mol. The molecule has 0 radical (unpaired) electrons. The molecule has 12 nitrogen and oxygen atoms in total. The molecule has 4 aliphatic carbocycles. The van der Waals surface area contributed by atoms with Crippen molar-refractivity contribution >= 4 is 29.8 Å². The van der Waals surface area contributed by atoms with Crippen LogP contribution >= 0.6 is 0 Å². The summed E-state index contributed by atoms with van der Waals surface area (Å²) >= 11 is 0. The molecule has 13 atom stereocenters. The number of aliphatic hydroxyl groups is 1. The molecule has 0 aromatic heterocycles. The van der Waals surface area contributed by atoms with Crippen LogP contribution in [0.1, 0.15) is 93.4 Å². The van der Waals surface area contributed by atoms with Crippen molar-refractivity contribution in [3.05, 3.63) is 12.2 Å². The van der Waals surface area contributed by atoms with Gasteiger partial charge in [0, 0.05) is 44.4 Å². The number of fused-ring (bicyclic) bond motifs is 9. The minimum absolute atomic E-state index is 0.0845. The molecule has 2 heterocycles. The number of hydrogen-bond acceptors (Lipinski definition) is 12. The number of rotatable bonds is 5. The van der Waals surface area contributed by atoms with Crippen molar-refractivity contribution in [3.8, 4) is 0 Å². The molecule has 0 aromatic carbocycles. The lowest BCUT2D eigenvalue weighted by molar-refractivity contribution is -0.336. The Labute approximate surface area is 281 Å². The van der Waals surface area contributed by atoms with Gasteiger partial charge in [-0.05, 0) is 56.3 Å². The van der Waals surface area contributed by atoms with Crippen molar-refractivity contribution in [2.45, 2.75) is 130 Å². The smallest absolute Gasteiger partial charge is 0.338 e. The third kappa shape index (κ3) is 4.36. The van der Waals surface area contributed by atoms with E-state index in [1.807, 2.05) is 13.8 Å². The summed E-state index contributed by atoms with van der Waals surface area (Å²) in [6.45, 7) is 15.9. The topological polar surface area (TPSA) is 164 Å². The van der Waals surface area contributed by atoms with Crippen LogP contribution in [0, 0.1) is 38.9 Å². The van der Waals surface area contributed by atoms with E-state index in [1.165, 1.54) is 27.9 Å². The van der Waals surface area contributed by atoms with E-state index in [-0.39, 0.29) is 25.9 Å². The highest BCUT2D eigenvalue weighted by Crippen LogP contribution is 2.79. The van der Waals surface area contributed by atoms with Crippen LogP contribution in [0.15, 0.2) is 12.2 Å². The van der Waals surface area contributed by atoms with E-state index in [1.54, 1.807) is 6.92 Å². The summed E-state index contributed by atoms with van der Waals surface area (Å²) in [5.74, 6) is -3.52. The second-order valence-corrected chi connectivity index (χ2v) is 16.2. The van der Waals surface area contributed by atoms with Crippen molar-refractivity contribution in [1.29, 1.82) is 0 Å². The van der Waals surface area contributed by atoms with Crippen molar-refractivity contribution in [2.75, 3.05) is 13.7 Å². The van der Waals surface area contributed by atoms with Gasteiger partial charge in [0.25, 0.3) is 0 Å². The summed E-state index contributed by atoms with van der Waals surface area (Å²) in [5, 5.41) is 13.4. The van der Waals surface area contributed by atoms with Crippen molar-refractivity contribution in [2.24, 2.45) is 38.9 Å². The summed E-state index contributed by atoms with van der Waals surface area (Å²) in [6.07, 6.45) is -1.64. The molecule has 0 unspecified atom stereocenters. The molecule has 0 aromatic rings. The van der Waals surface area contributed by atoms with Crippen LogP contribution in [0.2, 0.25) is 0 Å². The number of ether oxygens (including phenoxy) is 6. The molecule has 2 saturated heterocycles. The van der Waals surface area contributed by atoms with Gasteiger partial charge in [-0.2, -0.15) is 0 Å². The van der Waals surface area contributed by atoms with E-state index in [0.29, 0.717) is 31.3 Å². The molecule has 266 valence electrons. The van der Waals surface area contributed by atoms with Gasteiger partial charge in [0.05, 0.1) is 24.2 Å². The molecule has 4 saturated carbocycles. The Hall–Kier alpha value is -2.99. The molecule has 48 heavy (non-hydrogen) atoms. The molecule has 1 N–H and O–H groups in total. The molecule has 6 aliphatic rings. The van der Waals surface area contributed by atoms with Gasteiger partial charge in [-0.25, -0.2) is 4.79 Å². The fourth-order valence-electron chi connectivity index (χ4n) is 12.2. The number of cyclic esters (lactones) is 1. The summed E-state index contributed by atoms with van der Waals surface area (Å²) in [6, 6.07) is 0. The first-order valence-electron chi connectivity index (χ1n) is 17.1. The molecule has 6 fully saturated rings. The molecular weight excluding hydrogens is 624 g/mol. The number of epoxide rings is 1. The van der Waals surface area contributed by atoms with Gasteiger partial charge in [0.15, 0.2) is 6.10 Å². The molecule has 0 spiro atoms. The highest BCUT2D eigenvalue weighted by molar-refractivity contribution is 5.82. The van der Waals surface area contributed by atoms with Gasteiger partial charge in [0.2, 0.25) is 0 Å². The zero-order valence-corrected chi connectivity index (χ0v) is 29.3. The Morgan fingerprint density at radius 3 is 2.19 bits per heavy atom. The molecule has 12 heteroatoms. The minimum atomic E-state index is -1.75. The summed E-state index contributed by atoms with van der Waals surface area (Å²) in [7, 11) is 1.31. The Bertz CT molecular complexity index is 1460. The van der Waals surface area contributed by atoms with Gasteiger partial charge in [-0.1, -0.05) is 32.9 Å². The fourth-order valence-corrected chi connectivity index (χ4v) is 12.2. The quantitative estimate of drug-likeness (QED) is 0.195. The number of carbonyl (C=O) groups excluding carboxylic acids is 5. The third-order valence-corrected chi connectivity index (χ3v) is 14.1. The Morgan fingerprint density at radius 1 is 0.938 bits per heavy atom. The SMILES string of the molecule is C=C1C[C@@H](OC(C)=O)[C@]2(C)CC[C@]3(C)[C@H]4[C@H](OC(C)=O)C[C@]5(COC(C)=O)[C@@H](C)OC(=O)[C@H]6O[C@H]6[C@H]5[C@]4(C)CC[C@@]3(C(=O)OC)[C@]2(O)C1. The van der Waals surface area contributed by atoms with Crippen molar-refractivity contribution < 1.29 is 57.5 Å². The molecule has 0 bridgehead atoms. The summed E-state index contributed by atoms with van der Waals surface area (Å²) < 4.78 is 35.5. The van der Waals surface area contributed by atoms with Crippen LogP contribution in [0.5, 0.6) is 0 Å². The molecule has 0 amide bonds.